The van der Waals surface area contributed by atoms with E-state index in [1.807, 2.05) is 0 Å². The summed E-state index contributed by atoms with van der Waals surface area (Å²) in [4.78, 5) is 24.0. The standard InChI is InChI=1S/C29H34ClN4O3P/c1-3-29(4-2)26(34-25-27(31)32-18-33-28(25)37-29)22-14-12-21(13-15-22)20-10-8-19(9-11-20)17-38(35,36)24-7-5-6-23(30)16-24/h5-7,12-16,18-20H,3-4,8-11,17H2,1-2H3,(H,35,36)(H2,31,32,33). The molecule has 0 saturated heterocycles. The van der Waals surface area contributed by atoms with E-state index in [4.69, 9.17) is 27.1 Å². The fourth-order valence-corrected chi connectivity index (χ4v) is 8.00. The van der Waals surface area contributed by atoms with E-state index < -0.39 is 13.0 Å². The molecule has 7 nitrogen and oxygen atoms in total. The van der Waals surface area contributed by atoms with Crippen LogP contribution >= 0.6 is 19.0 Å². The van der Waals surface area contributed by atoms with Crippen molar-refractivity contribution in [3.05, 3.63) is 71.0 Å². The van der Waals surface area contributed by atoms with E-state index in [0.717, 1.165) is 49.8 Å². The Morgan fingerprint density at radius 3 is 2.45 bits per heavy atom. The van der Waals surface area contributed by atoms with Crippen LogP contribution in [0.1, 0.15) is 69.4 Å². The molecular weight excluding hydrogens is 519 g/mol. The highest BCUT2D eigenvalue weighted by Gasteiger charge is 2.40. The predicted molar refractivity (Wildman–Crippen MR) is 154 cm³/mol. The van der Waals surface area contributed by atoms with Crippen molar-refractivity contribution >= 4 is 41.5 Å². The third kappa shape index (κ3) is 5.25. The number of aromatic nitrogens is 2. The first-order chi connectivity index (χ1) is 18.2. The summed E-state index contributed by atoms with van der Waals surface area (Å²) in [5, 5.41) is 0.939. The number of aliphatic imine (C=N–C) groups is 1. The summed E-state index contributed by atoms with van der Waals surface area (Å²) in [5.41, 5.74) is 9.14. The van der Waals surface area contributed by atoms with Crippen molar-refractivity contribution in [2.24, 2.45) is 10.9 Å². The van der Waals surface area contributed by atoms with Crippen LogP contribution in [0.4, 0.5) is 11.5 Å². The van der Waals surface area contributed by atoms with Gasteiger partial charge in [0.25, 0.3) is 0 Å². The van der Waals surface area contributed by atoms with Gasteiger partial charge in [-0.1, -0.05) is 55.8 Å². The molecule has 2 heterocycles. The van der Waals surface area contributed by atoms with Gasteiger partial charge in [0.15, 0.2) is 17.1 Å². The van der Waals surface area contributed by atoms with E-state index in [1.54, 1.807) is 24.3 Å². The number of benzene rings is 2. The Morgan fingerprint density at radius 2 is 1.79 bits per heavy atom. The number of ether oxygens (including phenoxy) is 1. The first-order valence-electron chi connectivity index (χ1n) is 13.3. The zero-order valence-electron chi connectivity index (χ0n) is 21.8. The van der Waals surface area contributed by atoms with Crippen LogP contribution in [0.2, 0.25) is 5.02 Å². The van der Waals surface area contributed by atoms with Crippen LogP contribution in [0.3, 0.4) is 0 Å². The van der Waals surface area contributed by atoms with Crippen molar-refractivity contribution in [1.29, 1.82) is 0 Å². The van der Waals surface area contributed by atoms with Gasteiger partial charge in [0, 0.05) is 22.1 Å². The summed E-state index contributed by atoms with van der Waals surface area (Å²) in [6.45, 7) is 4.19. The number of hydrogen-bond acceptors (Lipinski definition) is 6. The van der Waals surface area contributed by atoms with Crippen molar-refractivity contribution in [2.75, 3.05) is 11.9 Å². The number of nitrogen functional groups attached to an aromatic ring is 1. The topological polar surface area (TPSA) is 111 Å². The van der Waals surface area contributed by atoms with Gasteiger partial charge in [-0.25, -0.2) is 9.98 Å². The van der Waals surface area contributed by atoms with Gasteiger partial charge in [-0.05, 0) is 74.1 Å². The van der Waals surface area contributed by atoms with Crippen molar-refractivity contribution in [2.45, 2.75) is 63.9 Å². The van der Waals surface area contributed by atoms with E-state index in [-0.39, 0.29) is 5.92 Å². The zero-order chi connectivity index (χ0) is 26.9. The smallest absolute Gasteiger partial charge is 0.246 e. The molecule has 200 valence electrons. The molecule has 1 aromatic heterocycles. The van der Waals surface area contributed by atoms with Crippen LogP contribution in [-0.2, 0) is 4.57 Å². The van der Waals surface area contributed by atoms with E-state index in [9.17, 15) is 9.46 Å². The molecule has 0 radical (unpaired) electrons. The average molecular weight is 553 g/mol. The predicted octanol–water partition coefficient (Wildman–Crippen LogP) is 6.65. The number of hydrogen-bond donors (Lipinski definition) is 2. The van der Waals surface area contributed by atoms with Gasteiger partial charge >= 0.3 is 0 Å². The highest BCUT2D eigenvalue weighted by atomic mass is 35.5. The van der Waals surface area contributed by atoms with Crippen LogP contribution in [0.25, 0.3) is 0 Å². The maximum Gasteiger partial charge on any atom is 0.246 e. The number of halogens is 1. The maximum atomic E-state index is 13.0. The van der Waals surface area contributed by atoms with Crippen LogP contribution in [0.5, 0.6) is 5.88 Å². The Balaban J connectivity index is 1.29. The molecule has 1 unspecified atom stereocenters. The monoisotopic (exact) mass is 552 g/mol. The molecule has 1 saturated carbocycles. The summed E-state index contributed by atoms with van der Waals surface area (Å²) >= 11 is 6.04. The van der Waals surface area contributed by atoms with Gasteiger partial charge < -0.3 is 15.4 Å². The molecule has 1 fully saturated rings. The van der Waals surface area contributed by atoms with Crippen molar-refractivity contribution < 1.29 is 14.2 Å². The summed E-state index contributed by atoms with van der Waals surface area (Å²) in [6, 6.07) is 15.4. The molecule has 5 rings (SSSR count). The van der Waals surface area contributed by atoms with Gasteiger partial charge in [0.2, 0.25) is 13.2 Å². The normalized spacial score (nSPS) is 22.1. The van der Waals surface area contributed by atoms with Crippen LogP contribution in [0, 0.1) is 5.92 Å². The largest absolute Gasteiger partial charge is 0.463 e. The van der Waals surface area contributed by atoms with E-state index in [0.29, 0.717) is 39.8 Å². The lowest BCUT2D eigenvalue weighted by atomic mass is 9.78. The third-order valence-electron chi connectivity index (χ3n) is 8.13. The Labute approximate surface area is 229 Å². The third-order valence-corrected chi connectivity index (χ3v) is 10.5. The molecule has 0 amide bonds. The molecule has 3 aromatic rings. The molecule has 1 atom stereocenters. The highest BCUT2D eigenvalue weighted by Crippen LogP contribution is 2.47. The lowest BCUT2D eigenvalue weighted by molar-refractivity contribution is 0.122. The van der Waals surface area contributed by atoms with Crippen LogP contribution in [-0.4, -0.2) is 32.3 Å². The SMILES string of the molecule is CCC1(CC)Oc2ncnc(N)c2N=C1c1ccc(C2CCC(CP(=O)(O)c3cccc(Cl)c3)CC2)cc1. The number of nitrogens with zero attached hydrogens (tertiary/aromatic N) is 3. The number of nitrogens with two attached hydrogens (primary N) is 1. The van der Waals surface area contributed by atoms with Crippen molar-refractivity contribution in [3.8, 4) is 5.88 Å². The van der Waals surface area contributed by atoms with Gasteiger partial charge in [0.05, 0.1) is 5.71 Å². The van der Waals surface area contributed by atoms with Gasteiger partial charge in [-0.15, -0.1) is 0 Å². The molecule has 2 aromatic carbocycles. The van der Waals surface area contributed by atoms with Crippen LogP contribution in [0.15, 0.2) is 59.9 Å². The maximum absolute atomic E-state index is 13.0. The van der Waals surface area contributed by atoms with E-state index in [1.165, 1.54) is 11.9 Å². The summed E-state index contributed by atoms with van der Waals surface area (Å²) in [6.07, 6.45) is 7.08. The minimum absolute atomic E-state index is 0.233. The number of rotatable bonds is 7. The summed E-state index contributed by atoms with van der Waals surface area (Å²) in [5.74, 6) is 1.41. The van der Waals surface area contributed by atoms with Crippen LogP contribution < -0.4 is 15.8 Å². The Hall–Kier alpha value is -2.73. The zero-order valence-corrected chi connectivity index (χ0v) is 23.5. The lowest BCUT2D eigenvalue weighted by Crippen LogP contribution is -2.46. The number of anilines is 1. The van der Waals surface area contributed by atoms with Gasteiger partial charge in [-0.2, -0.15) is 4.98 Å². The number of fused-ring (bicyclic) bond motifs is 1. The molecule has 3 N–H and O–H groups in total. The molecule has 1 aliphatic heterocycles. The molecular formula is C29H34ClN4O3P. The Bertz CT molecular complexity index is 1380. The average Bonchev–Trinajstić information content (AvgIpc) is 2.93. The van der Waals surface area contributed by atoms with Gasteiger partial charge in [0.1, 0.15) is 6.33 Å². The highest BCUT2D eigenvalue weighted by molar-refractivity contribution is 7.66. The lowest BCUT2D eigenvalue weighted by Gasteiger charge is -2.37. The van der Waals surface area contributed by atoms with Crippen molar-refractivity contribution in [1.82, 2.24) is 9.97 Å². The van der Waals surface area contributed by atoms with E-state index in [2.05, 4.69) is 48.1 Å². The molecule has 38 heavy (non-hydrogen) atoms. The van der Waals surface area contributed by atoms with Crippen molar-refractivity contribution in [3.63, 3.8) is 0 Å². The van der Waals surface area contributed by atoms with Gasteiger partial charge in [-0.3, -0.25) is 4.57 Å². The second-order valence-corrected chi connectivity index (χ2v) is 13.1. The minimum Gasteiger partial charge on any atom is -0.463 e. The molecule has 0 bridgehead atoms. The minimum atomic E-state index is -3.43. The second kappa shape index (κ2) is 10.8. The molecule has 9 heteroatoms. The summed E-state index contributed by atoms with van der Waals surface area (Å²) < 4.78 is 19.4. The fourth-order valence-electron chi connectivity index (χ4n) is 5.80. The molecule has 0 spiro atoms. The first-order valence-corrected chi connectivity index (χ1v) is 15.5. The Kier molecular flexibility index (Phi) is 7.63. The molecule has 2 aliphatic rings. The first kappa shape index (κ1) is 26.9. The fraction of sp³-hybridized carbons (Fsp3) is 0.414. The quantitative estimate of drug-likeness (QED) is 0.317. The van der Waals surface area contributed by atoms with E-state index >= 15 is 0 Å². The summed E-state index contributed by atoms with van der Waals surface area (Å²) in [7, 11) is -3.43. The molecule has 1 aliphatic carbocycles. The second-order valence-electron chi connectivity index (χ2n) is 10.4. The Morgan fingerprint density at radius 1 is 1.08 bits per heavy atom.